The number of pyridine rings is 1. The van der Waals surface area contributed by atoms with Gasteiger partial charge >= 0.3 is 12.1 Å². The number of halogens is 2. The molecule has 0 spiro atoms. The smallest absolute Gasteiger partial charge is 0.412 e. The molecule has 4 amide bonds. The normalized spacial score (nSPS) is 13.9. The van der Waals surface area contributed by atoms with Gasteiger partial charge in [0.15, 0.2) is 11.6 Å². The molecule has 1 fully saturated rings. The molecule has 1 atom stereocenters. The zero-order valence-corrected chi connectivity index (χ0v) is 22.2. The largest absolute Gasteiger partial charge is 0.447 e. The first-order valence-electron chi connectivity index (χ1n) is 13.0. The lowest BCUT2D eigenvalue weighted by atomic mass is 10.1. The second kappa shape index (κ2) is 13.7. The van der Waals surface area contributed by atoms with Crippen molar-refractivity contribution >= 4 is 34.6 Å². The standard InChI is InChI=1S/C28H32F2N6O4/c1-35(27(38)33-17-21-7-4-8-23(29)26(21)30)22(9-10-25(37)36-13-11-31-12-14-36)18-40-28(39)34-24-15-19-5-2-3-6-20(19)16-32-24/h2-8,15-16,22,31H,9-14,17-18H2,1H3,(H,33,38)(H,32,34,39)/t22-/m0/s1. The van der Waals surface area contributed by atoms with Crippen LogP contribution >= 0.6 is 0 Å². The van der Waals surface area contributed by atoms with Crippen LogP contribution in [0.4, 0.5) is 24.2 Å². The lowest BCUT2D eigenvalue weighted by Crippen LogP contribution is -2.48. The van der Waals surface area contributed by atoms with Gasteiger partial charge in [-0.3, -0.25) is 10.1 Å². The molecule has 212 valence electrons. The minimum absolute atomic E-state index is 0.00861. The molecule has 3 aromatic rings. The minimum Gasteiger partial charge on any atom is -0.447 e. The number of piperazine rings is 1. The van der Waals surface area contributed by atoms with Crippen LogP contribution in [0.2, 0.25) is 0 Å². The molecule has 2 aromatic carbocycles. The molecular formula is C28H32F2N6O4. The zero-order valence-electron chi connectivity index (χ0n) is 22.2. The molecule has 40 heavy (non-hydrogen) atoms. The number of hydrogen-bond acceptors (Lipinski definition) is 6. The van der Waals surface area contributed by atoms with Crippen LogP contribution in [0.25, 0.3) is 10.8 Å². The number of benzene rings is 2. The maximum atomic E-state index is 14.0. The summed E-state index contributed by atoms with van der Waals surface area (Å²) in [4.78, 5) is 45.4. The first-order valence-corrected chi connectivity index (χ1v) is 13.0. The predicted octanol–water partition coefficient (Wildman–Crippen LogP) is 3.48. The SMILES string of the molecule is CN(C(=O)NCc1cccc(F)c1F)[C@@H](CCC(=O)N1CCNCC1)COC(=O)Nc1cc2ccccc2cn1. The van der Waals surface area contributed by atoms with Crippen molar-refractivity contribution in [2.24, 2.45) is 0 Å². The highest BCUT2D eigenvalue weighted by molar-refractivity contribution is 5.89. The number of urea groups is 1. The molecule has 2 heterocycles. The molecule has 4 rings (SSSR count). The summed E-state index contributed by atoms with van der Waals surface area (Å²) in [6, 6.07) is 11.7. The van der Waals surface area contributed by atoms with Gasteiger partial charge in [0.05, 0.1) is 6.04 Å². The van der Waals surface area contributed by atoms with Crippen LogP contribution in [0.3, 0.4) is 0 Å². The number of rotatable bonds is 9. The van der Waals surface area contributed by atoms with Crippen LogP contribution in [0.15, 0.2) is 54.7 Å². The van der Waals surface area contributed by atoms with E-state index in [9.17, 15) is 23.2 Å². The number of nitrogens with zero attached hydrogens (tertiary/aromatic N) is 3. The van der Waals surface area contributed by atoms with Gasteiger partial charge in [-0.25, -0.2) is 23.4 Å². The molecule has 1 saturated heterocycles. The van der Waals surface area contributed by atoms with Gasteiger partial charge in [0, 0.05) is 63.3 Å². The first kappa shape index (κ1) is 28.7. The summed E-state index contributed by atoms with van der Waals surface area (Å²) in [5, 5.41) is 10.1. The van der Waals surface area contributed by atoms with Gasteiger partial charge in [0.1, 0.15) is 12.4 Å². The van der Waals surface area contributed by atoms with Crippen LogP contribution in [-0.2, 0) is 16.1 Å². The molecule has 0 aliphatic carbocycles. The van der Waals surface area contributed by atoms with Crippen LogP contribution < -0.4 is 16.0 Å². The van der Waals surface area contributed by atoms with E-state index in [1.807, 2.05) is 24.3 Å². The fraction of sp³-hybridized carbons (Fsp3) is 0.357. The van der Waals surface area contributed by atoms with Gasteiger partial charge in [-0.2, -0.15) is 0 Å². The quantitative estimate of drug-likeness (QED) is 0.373. The number of amides is 4. The van der Waals surface area contributed by atoms with Crippen LogP contribution in [-0.4, -0.2) is 78.7 Å². The molecule has 1 aliphatic rings. The molecular weight excluding hydrogens is 522 g/mol. The van der Waals surface area contributed by atoms with Gasteiger partial charge in [-0.05, 0) is 23.9 Å². The van der Waals surface area contributed by atoms with E-state index in [1.54, 1.807) is 17.2 Å². The van der Waals surface area contributed by atoms with E-state index in [0.29, 0.717) is 32.0 Å². The third kappa shape index (κ3) is 7.63. The Morgan fingerprint density at radius 3 is 2.62 bits per heavy atom. The van der Waals surface area contributed by atoms with Crippen molar-refractivity contribution in [2.75, 3.05) is 45.2 Å². The van der Waals surface area contributed by atoms with E-state index in [-0.39, 0.29) is 37.5 Å². The lowest BCUT2D eigenvalue weighted by molar-refractivity contribution is -0.132. The first-order chi connectivity index (χ1) is 19.3. The fourth-order valence-corrected chi connectivity index (χ4v) is 4.36. The van der Waals surface area contributed by atoms with Gasteiger partial charge in [-0.15, -0.1) is 0 Å². The number of hydrogen-bond donors (Lipinski definition) is 3. The highest BCUT2D eigenvalue weighted by Crippen LogP contribution is 2.17. The molecule has 0 unspecified atom stereocenters. The van der Waals surface area contributed by atoms with Crippen molar-refractivity contribution in [3.8, 4) is 0 Å². The summed E-state index contributed by atoms with van der Waals surface area (Å²) in [6.07, 6.45) is 1.23. The van der Waals surface area contributed by atoms with E-state index in [0.717, 1.165) is 16.8 Å². The minimum atomic E-state index is -1.04. The molecule has 10 nitrogen and oxygen atoms in total. The third-order valence-corrected chi connectivity index (χ3v) is 6.76. The Balaban J connectivity index is 1.37. The van der Waals surface area contributed by atoms with Crippen molar-refractivity contribution in [1.29, 1.82) is 0 Å². The highest BCUT2D eigenvalue weighted by Gasteiger charge is 2.25. The lowest BCUT2D eigenvalue weighted by Gasteiger charge is -2.30. The average molecular weight is 555 g/mol. The van der Waals surface area contributed by atoms with Gasteiger partial charge in [-0.1, -0.05) is 36.4 Å². The Morgan fingerprint density at radius 1 is 1.10 bits per heavy atom. The molecule has 0 radical (unpaired) electrons. The molecule has 12 heteroatoms. The number of anilines is 1. The second-order valence-electron chi connectivity index (χ2n) is 9.45. The topological polar surface area (TPSA) is 116 Å². The Kier molecular flexibility index (Phi) is 9.79. The number of nitrogens with one attached hydrogen (secondary N) is 3. The number of fused-ring (bicyclic) bond motifs is 1. The third-order valence-electron chi connectivity index (χ3n) is 6.76. The van der Waals surface area contributed by atoms with Crippen molar-refractivity contribution < 1.29 is 27.9 Å². The molecule has 0 bridgehead atoms. The van der Waals surface area contributed by atoms with Gasteiger partial charge < -0.3 is 25.2 Å². The van der Waals surface area contributed by atoms with E-state index in [1.165, 1.54) is 24.1 Å². The van der Waals surface area contributed by atoms with Crippen molar-refractivity contribution in [3.63, 3.8) is 0 Å². The van der Waals surface area contributed by atoms with Crippen molar-refractivity contribution in [2.45, 2.75) is 25.4 Å². The van der Waals surface area contributed by atoms with E-state index < -0.39 is 29.8 Å². The van der Waals surface area contributed by atoms with Crippen molar-refractivity contribution in [3.05, 3.63) is 71.9 Å². The maximum absolute atomic E-state index is 14.0. The predicted molar refractivity (Wildman–Crippen MR) is 146 cm³/mol. The van der Waals surface area contributed by atoms with E-state index in [2.05, 4.69) is 20.9 Å². The zero-order chi connectivity index (χ0) is 28.5. The molecule has 3 N–H and O–H groups in total. The molecule has 1 aliphatic heterocycles. The summed E-state index contributed by atoms with van der Waals surface area (Å²) in [5.41, 5.74) is -0.00861. The maximum Gasteiger partial charge on any atom is 0.412 e. The van der Waals surface area contributed by atoms with Gasteiger partial charge in [0.2, 0.25) is 5.91 Å². The van der Waals surface area contributed by atoms with E-state index in [4.69, 9.17) is 4.74 Å². The number of likely N-dealkylation sites (N-methyl/N-ethyl adjacent to an activating group) is 1. The summed E-state index contributed by atoms with van der Waals surface area (Å²) in [7, 11) is 1.49. The number of aromatic nitrogens is 1. The van der Waals surface area contributed by atoms with Crippen molar-refractivity contribution in [1.82, 2.24) is 25.4 Å². The summed E-state index contributed by atoms with van der Waals surface area (Å²) >= 11 is 0. The Morgan fingerprint density at radius 2 is 1.85 bits per heavy atom. The number of carbonyl (C=O) groups excluding carboxylic acids is 3. The monoisotopic (exact) mass is 554 g/mol. The summed E-state index contributed by atoms with van der Waals surface area (Å²) < 4.78 is 33.0. The summed E-state index contributed by atoms with van der Waals surface area (Å²) in [6.45, 7) is 2.16. The van der Waals surface area contributed by atoms with Gasteiger partial charge in [0.25, 0.3) is 0 Å². The Bertz CT molecular complexity index is 1350. The van der Waals surface area contributed by atoms with Crippen LogP contribution in [0, 0.1) is 11.6 Å². The molecule has 0 saturated carbocycles. The highest BCUT2D eigenvalue weighted by atomic mass is 19.2. The Hall–Kier alpha value is -4.32. The summed E-state index contributed by atoms with van der Waals surface area (Å²) in [5.74, 6) is -1.81. The number of carbonyl (C=O) groups is 3. The van der Waals surface area contributed by atoms with Crippen LogP contribution in [0.1, 0.15) is 18.4 Å². The fourth-order valence-electron chi connectivity index (χ4n) is 4.36. The Labute approximate surface area is 230 Å². The molecule has 1 aromatic heterocycles. The second-order valence-corrected chi connectivity index (χ2v) is 9.45. The van der Waals surface area contributed by atoms with Crippen LogP contribution in [0.5, 0.6) is 0 Å². The van der Waals surface area contributed by atoms with E-state index >= 15 is 0 Å². The number of ether oxygens (including phenoxy) is 1. The average Bonchev–Trinajstić information content (AvgIpc) is 2.97.